The summed E-state index contributed by atoms with van der Waals surface area (Å²) >= 11 is 0. The normalized spacial score (nSPS) is 15.9. The van der Waals surface area contributed by atoms with Crippen molar-refractivity contribution >= 4 is 21.7 Å². The first-order chi connectivity index (χ1) is 12.2. The fourth-order valence-corrected chi connectivity index (χ4v) is 3.17. The van der Waals surface area contributed by atoms with Gasteiger partial charge in [0.25, 0.3) is 0 Å². The van der Waals surface area contributed by atoms with Gasteiger partial charge in [0.1, 0.15) is 0 Å². The van der Waals surface area contributed by atoms with Crippen LogP contribution in [0.4, 0.5) is 0 Å². The van der Waals surface area contributed by atoms with Gasteiger partial charge in [0.05, 0.1) is 30.4 Å². The Morgan fingerprint density at radius 2 is 1.63 bits per heavy atom. The summed E-state index contributed by atoms with van der Waals surface area (Å²) in [5.41, 5.74) is 1.17. The van der Waals surface area contributed by atoms with E-state index < -0.39 is 44.9 Å². The lowest BCUT2D eigenvalue weighted by atomic mass is 9.82. The Balaban J connectivity index is 5.52. The molecular formula is C17H35N3O6S. The number of nitrogens with one attached hydrogen (secondary N) is 3. The predicted molar refractivity (Wildman–Crippen MR) is 103 cm³/mol. The highest BCUT2D eigenvalue weighted by Crippen LogP contribution is 2.24. The van der Waals surface area contributed by atoms with Crippen LogP contribution < -0.4 is 16.1 Å². The van der Waals surface area contributed by atoms with E-state index in [-0.39, 0.29) is 24.9 Å². The lowest BCUT2D eigenvalue weighted by molar-refractivity contribution is -0.141. The summed E-state index contributed by atoms with van der Waals surface area (Å²) in [6.45, 7) is 9.05. The quantitative estimate of drug-likeness (QED) is 0.236. The fourth-order valence-electron chi connectivity index (χ4n) is 2.68. The van der Waals surface area contributed by atoms with Crippen molar-refractivity contribution in [2.24, 2.45) is 23.2 Å². The van der Waals surface area contributed by atoms with Gasteiger partial charge in [0, 0.05) is 12.8 Å². The van der Waals surface area contributed by atoms with Crippen molar-refractivity contribution in [3.63, 3.8) is 0 Å². The maximum atomic E-state index is 12.9. The van der Waals surface area contributed by atoms with E-state index in [4.69, 9.17) is 5.21 Å². The molecule has 9 nitrogen and oxygen atoms in total. The van der Waals surface area contributed by atoms with E-state index in [0.29, 0.717) is 6.42 Å². The Bertz CT molecular complexity index is 586. The molecule has 0 aromatic rings. The number of aliphatic hydroxyl groups is 1. The van der Waals surface area contributed by atoms with Crippen LogP contribution in [-0.2, 0) is 19.4 Å². The minimum atomic E-state index is -3.30. The van der Waals surface area contributed by atoms with Gasteiger partial charge in [-0.25, -0.2) is 13.9 Å². The molecular weight excluding hydrogens is 374 g/mol. The van der Waals surface area contributed by atoms with Gasteiger partial charge in [-0.05, 0) is 17.8 Å². The molecule has 0 radical (unpaired) electrons. The molecule has 0 aliphatic rings. The molecule has 0 rings (SSSR count). The van der Waals surface area contributed by atoms with Crippen molar-refractivity contribution in [3.05, 3.63) is 0 Å². The van der Waals surface area contributed by atoms with Gasteiger partial charge in [0.15, 0.2) is 9.84 Å². The van der Waals surface area contributed by atoms with Crippen LogP contribution >= 0.6 is 0 Å². The number of hydrogen-bond donors (Lipinski definition) is 5. The van der Waals surface area contributed by atoms with E-state index in [2.05, 4.69) is 10.6 Å². The zero-order chi connectivity index (χ0) is 21.4. The standard InChI is InChI=1S/C17H35N3O6S/c1-11(2)7-12(15(22)19-14(9-21)17(3,4)5)13(16(23)20-24)8-18-10-27(6,25)26/h11-14,18,21,24H,7-10H2,1-6H3,(H,19,22)(H,20,23)/t12?,13?,14-/m1/s1. The molecule has 2 unspecified atom stereocenters. The highest BCUT2D eigenvalue weighted by molar-refractivity contribution is 7.90. The van der Waals surface area contributed by atoms with Crippen LogP contribution in [0.3, 0.4) is 0 Å². The Morgan fingerprint density at radius 3 is 2.00 bits per heavy atom. The van der Waals surface area contributed by atoms with Crippen molar-refractivity contribution in [2.75, 3.05) is 25.3 Å². The number of hydrogen-bond acceptors (Lipinski definition) is 7. The van der Waals surface area contributed by atoms with Gasteiger partial charge in [-0.3, -0.25) is 14.8 Å². The Kier molecular flexibility index (Phi) is 10.4. The van der Waals surface area contributed by atoms with E-state index in [1.165, 1.54) is 0 Å². The zero-order valence-electron chi connectivity index (χ0n) is 17.1. The molecule has 2 amide bonds. The van der Waals surface area contributed by atoms with Crippen molar-refractivity contribution in [1.29, 1.82) is 0 Å². The summed E-state index contributed by atoms with van der Waals surface area (Å²) in [6.07, 6.45) is 1.40. The molecule has 0 spiro atoms. The van der Waals surface area contributed by atoms with Crippen LogP contribution in [0.5, 0.6) is 0 Å². The molecule has 0 saturated carbocycles. The molecule has 0 fully saturated rings. The lowest BCUT2D eigenvalue weighted by Crippen LogP contribution is -2.52. The van der Waals surface area contributed by atoms with Crippen LogP contribution in [0.2, 0.25) is 0 Å². The highest BCUT2D eigenvalue weighted by Gasteiger charge is 2.36. The number of amides is 2. The first-order valence-corrected chi connectivity index (χ1v) is 11.0. The number of sulfone groups is 1. The monoisotopic (exact) mass is 409 g/mol. The van der Waals surface area contributed by atoms with Gasteiger partial charge >= 0.3 is 0 Å². The minimum absolute atomic E-state index is 0.0758. The summed E-state index contributed by atoms with van der Waals surface area (Å²) in [7, 11) is -3.30. The minimum Gasteiger partial charge on any atom is -0.394 e. The average Bonchev–Trinajstić information content (AvgIpc) is 2.51. The number of hydroxylamine groups is 1. The van der Waals surface area contributed by atoms with Gasteiger partial charge in [-0.15, -0.1) is 0 Å². The van der Waals surface area contributed by atoms with E-state index in [1.54, 1.807) is 5.48 Å². The molecule has 10 heteroatoms. The number of carbonyl (C=O) groups excluding carboxylic acids is 2. The molecule has 0 aromatic heterocycles. The van der Waals surface area contributed by atoms with Crippen LogP contribution in [0.1, 0.15) is 41.0 Å². The zero-order valence-corrected chi connectivity index (χ0v) is 17.9. The molecule has 0 saturated heterocycles. The van der Waals surface area contributed by atoms with E-state index in [1.807, 2.05) is 34.6 Å². The first kappa shape index (κ1) is 25.8. The van der Waals surface area contributed by atoms with Crippen LogP contribution in [-0.4, -0.2) is 61.9 Å². The predicted octanol–water partition coefficient (Wildman–Crippen LogP) is -0.115. The molecule has 0 bridgehead atoms. The molecule has 0 aromatic carbocycles. The number of rotatable bonds is 11. The van der Waals surface area contributed by atoms with Gasteiger partial charge in [-0.2, -0.15) is 0 Å². The van der Waals surface area contributed by atoms with Crippen LogP contribution in [0.25, 0.3) is 0 Å². The Morgan fingerprint density at radius 1 is 1.07 bits per heavy atom. The van der Waals surface area contributed by atoms with E-state index >= 15 is 0 Å². The molecule has 27 heavy (non-hydrogen) atoms. The lowest BCUT2D eigenvalue weighted by Gasteiger charge is -2.33. The number of carbonyl (C=O) groups is 2. The summed E-state index contributed by atoms with van der Waals surface area (Å²) < 4.78 is 22.6. The third-order valence-electron chi connectivity index (χ3n) is 4.27. The van der Waals surface area contributed by atoms with E-state index in [0.717, 1.165) is 6.26 Å². The van der Waals surface area contributed by atoms with Crippen molar-refractivity contribution in [2.45, 2.75) is 47.1 Å². The maximum Gasteiger partial charge on any atom is 0.248 e. The Labute approximate surface area is 162 Å². The van der Waals surface area contributed by atoms with Gasteiger partial charge in [0.2, 0.25) is 11.8 Å². The first-order valence-electron chi connectivity index (χ1n) is 8.96. The summed E-state index contributed by atoms with van der Waals surface area (Å²) in [4.78, 5) is 25.1. The highest BCUT2D eigenvalue weighted by atomic mass is 32.2. The molecule has 3 atom stereocenters. The van der Waals surface area contributed by atoms with E-state index in [9.17, 15) is 23.1 Å². The Hall–Kier alpha value is -1.23. The summed E-state index contributed by atoms with van der Waals surface area (Å²) in [5.74, 6) is -3.24. The third kappa shape index (κ3) is 10.0. The van der Waals surface area contributed by atoms with Crippen LogP contribution in [0.15, 0.2) is 0 Å². The molecule has 0 heterocycles. The largest absolute Gasteiger partial charge is 0.394 e. The maximum absolute atomic E-state index is 12.9. The van der Waals surface area contributed by atoms with Crippen molar-refractivity contribution in [1.82, 2.24) is 16.1 Å². The smallest absolute Gasteiger partial charge is 0.248 e. The molecule has 160 valence electrons. The van der Waals surface area contributed by atoms with Crippen molar-refractivity contribution < 1.29 is 28.3 Å². The number of aliphatic hydroxyl groups excluding tert-OH is 1. The second-order valence-corrected chi connectivity index (χ2v) is 10.6. The molecule has 0 aliphatic carbocycles. The van der Waals surface area contributed by atoms with Crippen molar-refractivity contribution in [3.8, 4) is 0 Å². The summed E-state index contributed by atoms with van der Waals surface area (Å²) in [5, 5.41) is 24.1. The fraction of sp³-hybridized carbons (Fsp3) is 0.882. The second-order valence-electron chi connectivity index (χ2n) is 8.45. The van der Waals surface area contributed by atoms with Gasteiger partial charge in [-0.1, -0.05) is 34.6 Å². The third-order valence-corrected chi connectivity index (χ3v) is 5.00. The molecule has 0 aliphatic heterocycles. The van der Waals surface area contributed by atoms with Crippen LogP contribution in [0, 0.1) is 23.2 Å². The topological polar surface area (TPSA) is 145 Å². The summed E-state index contributed by atoms with van der Waals surface area (Å²) in [6, 6.07) is -0.513. The average molecular weight is 410 g/mol. The second kappa shape index (κ2) is 10.9. The van der Waals surface area contributed by atoms with Gasteiger partial charge < -0.3 is 15.7 Å². The SMILES string of the molecule is CC(C)CC(C(=O)N[C@H](CO)C(C)(C)C)C(CNCS(C)(=O)=O)C(=O)NO. The molecule has 5 N–H and O–H groups in total.